The number of amides is 1. The number of carbonyl (C=O) groups is 1. The fourth-order valence-electron chi connectivity index (χ4n) is 4.48. The van der Waals surface area contributed by atoms with E-state index in [1.807, 2.05) is 30.3 Å². The molecule has 2 N–H and O–H groups in total. The number of nitrogens with zero attached hydrogens (tertiary/aromatic N) is 2. The normalized spacial score (nSPS) is 15.5. The molecule has 0 saturated carbocycles. The minimum atomic E-state index is -4.46. The maximum Gasteiger partial charge on any atom is 0.416 e. The largest absolute Gasteiger partial charge is 0.416 e. The molecule has 0 bridgehead atoms. The Kier molecular flexibility index (Phi) is 7.57. The van der Waals surface area contributed by atoms with Crippen LogP contribution in [0.2, 0.25) is 5.02 Å². The number of halogens is 4. The Morgan fingerprint density at radius 3 is 2.46 bits per heavy atom. The van der Waals surface area contributed by atoms with Gasteiger partial charge in [-0.3, -0.25) is 14.7 Å². The van der Waals surface area contributed by atoms with Gasteiger partial charge in [0.1, 0.15) is 0 Å². The third-order valence-electron chi connectivity index (χ3n) is 6.33. The topological polar surface area (TPSA) is 59.2 Å². The van der Waals surface area contributed by atoms with Crippen molar-refractivity contribution in [2.75, 3.05) is 19.6 Å². The summed E-state index contributed by atoms with van der Waals surface area (Å²) in [7, 11) is 0. The SMILES string of the molecule is NC(=O)c1ccncc1-c1ccc(C(F)(F)F)cc1C1CCN(C/C=C/c2ccc(Cl)cc2)CC1. The summed E-state index contributed by atoms with van der Waals surface area (Å²) in [5.74, 6) is -0.722. The Morgan fingerprint density at radius 2 is 1.80 bits per heavy atom. The smallest absolute Gasteiger partial charge is 0.366 e. The molecule has 182 valence electrons. The Labute approximate surface area is 207 Å². The number of benzene rings is 2. The second kappa shape index (κ2) is 10.6. The lowest BCUT2D eigenvalue weighted by molar-refractivity contribution is -0.137. The van der Waals surface area contributed by atoms with Crippen molar-refractivity contribution in [1.82, 2.24) is 9.88 Å². The Balaban J connectivity index is 1.54. The van der Waals surface area contributed by atoms with Gasteiger partial charge in [-0.05, 0) is 78.9 Å². The van der Waals surface area contributed by atoms with E-state index in [2.05, 4.69) is 16.0 Å². The number of piperidine rings is 1. The number of alkyl halides is 3. The van der Waals surface area contributed by atoms with Gasteiger partial charge in [0.2, 0.25) is 5.91 Å². The molecule has 0 spiro atoms. The van der Waals surface area contributed by atoms with Crippen LogP contribution in [0.4, 0.5) is 13.2 Å². The number of hydrogen-bond acceptors (Lipinski definition) is 3. The summed E-state index contributed by atoms with van der Waals surface area (Å²) in [4.78, 5) is 18.3. The second-order valence-electron chi connectivity index (χ2n) is 8.61. The predicted molar refractivity (Wildman–Crippen MR) is 132 cm³/mol. The molecule has 2 heterocycles. The summed E-state index contributed by atoms with van der Waals surface area (Å²) in [5, 5.41) is 0.687. The predicted octanol–water partition coefficient (Wildman–Crippen LogP) is 6.41. The van der Waals surface area contributed by atoms with Crippen LogP contribution in [0, 0.1) is 0 Å². The molecular weight excluding hydrogens is 475 g/mol. The third-order valence-corrected chi connectivity index (χ3v) is 6.58. The summed E-state index contributed by atoms with van der Waals surface area (Å²) in [6.45, 7) is 2.25. The number of rotatable bonds is 6. The van der Waals surface area contributed by atoms with Crippen molar-refractivity contribution < 1.29 is 18.0 Å². The second-order valence-corrected chi connectivity index (χ2v) is 9.05. The van der Waals surface area contributed by atoms with E-state index >= 15 is 0 Å². The van der Waals surface area contributed by atoms with Gasteiger partial charge in [-0.2, -0.15) is 13.2 Å². The molecule has 3 aromatic rings. The third kappa shape index (κ3) is 6.10. The first-order chi connectivity index (χ1) is 16.7. The zero-order valence-electron chi connectivity index (χ0n) is 18.9. The van der Waals surface area contributed by atoms with Crippen LogP contribution in [-0.4, -0.2) is 35.4 Å². The standard InChI is InChI=1S/C27H25ClF3N3O/c28-21-6-3-18(4-7-21)2-1-13-34-14-10-19(11-15-34)24-16-20(27(29,30)31)5-8-22(24)25-17-33-12-9-23(25)26(32)35/h1-9,12,16-17,19H,10-11,13-15H2,(H2,32,35)/b2-1+. The highest BCUT2D eigenvalue weighted by molar-refractivity contribution is 6.30. The van der Waals surface area contributed by atoms with Gasteiger partial charge in [-0.25, -0.2) is 0 Å². The molecule has 1 aliphatic heterocycles. The van der Waals surface area contributed by atoms with Gasteiger partial charge in [0.15, 0.2) is 0 Å². The highest BCUT2D eigenvalue weighted by Crippen LogP contribution is 2.40. The first-order valence-corrected chi connectivity index (χ1v) is 11.7. The van der Waals surface area contributed by atoms with Crippen molar-refractivity contribution in [2.45, 2.75) is 24.9 Å². The molecule has 0 radical (unpaired) electrons. The molecule has 0 atom stereocenters. The van der Waals surface area contributed by atoms with E-state index < -0.39 is 17.6 Å². The maximum absolute atomic E-state index is 13.5. The number of aromatic nitrogens is 1. The van der Waals surface area contributed by atoms with E-state index in [-0.39, 0.29) is 11.5 Å². The van der Waals surface area contributed by atoms with Crippen molar-refractivity contribution >= 4 is 23.6 Å². The zero-order valence-corrected chi connectivity index (χ0v) is 19.7. The number of primary amides is 1. The van der Waals surface area contributed by atoms with Crippen LogP contribution in [0.1, 0.15) is 45.8 Å². The Bertz CT molecular complexity index is 1220. The van der Waals surface area contributed by atoms with E-state index in [0.29, 0.717) is 34.6 Å². The fraction of sp³-hybridized carbons (Fsp3) is 0.259. The molecule has 35 heavy (non-hydrogen) atoms. The average molecular weight is 500 g/mol. The molecule has 1 fully saturated rings. The molecule has 0 unspecified atom stereocenters. The number of nitrogens with two attached hydrogens (primary N) is 1. The summed E-state index contributed by atoms with van der Waals surface area (Å²) in [6.07, 6.45) is 3.99. The minimum absolute atomic E-state index is 0.0790. The molecule has 1 amide bonds. The molecular formula is C27H25ClF3N3O. The number of pyridine rings is 1. The van der Waals surface area contributed by atoms with Crippen LogP contribution in [0.15, 0.2) is 67.0 Å². The van der Waals surface area contributed by atoms with Crippen molar-refractivity contribution in [1.29, 1.82) is 0 Å². The zero-order chi connectivity index (χ0) is 25.0. The first-order valence-electron chi connectivity index (χ1n) is 11.3. The lowest BCUT2D eigenvalue weighted by atomic mass is 9.83. The summed E-state index contributed by atoms with van der Waals surface area (Å²) >= 11 is 5.92. The quantitative estimate of drug-likeness (QED) is 0.426. The number of hydrogen-bond donors (Lipinski definition) is 1. The molecule has 1 aromatic heterocycles. The lowest BCUT2D eigenvalue weighted by Crippen LogP contribution is -2.33. The van der Waals surface area contributed by atoms with Gasteiger partial charge in [-0.15, -0.1) is 0 Å². The summed E-state index contributed by atoms with van der Waals surface area (Å²) in [6, 6.07) is 12.8. The fourth-order valence-corrected chi connectivity index (χ4v) is 4.61. The number of likely N-dealkylation sites (tertiary alicyclic amines) is 1. The van der Waals surface area contributed by atoms with Gasteiger partial charge in [-0.1, -0.05) is 42.0 Å². The van der Waals surface area contributed by atoms with Gasteiger partial charge in [0.25, 0.3) is 0 Å². The van der Waals surface area contributed by atoms with Crippen LogP contribution in [0.3, 0.4) is 0 Å². The van der Waals surface area contributed by atoms with Gasteiger partial charge >= 0.3 is 6.18 Å². The lowest BCUT2D eigenvalue weighted by Gasteiger charge is -2.33. The van der Waals surface area contributed by atoms with Crippen molar-refractivity contribution in [2.24, 2.45) is 5.73 Å². The van der Waals surface area contributed by atoms with E-state index in [0.717, 1.165) is 31.3 Å². The van der Waals surface area contributed by atoms with Gasteiger partial charge in [0, 0.05) is 35.1 Å². The van der Waals surface area contributed by atoms with Crippen molar-refractivity contribution in [3.63, 3.8) is 0 Å². The number of carbonyl (C=O) groups excluding carboxylic acids is 1. The highest BCUT2D eigenvalue weighted by atomic mass is 35.5. The Hall–Kier alpha value is -3.16. The van der Waals surface area contributed by atoms with E-state index in [1.54, 1.807) is 0 Å². The summed E-state index contributed by atoms with van der Waals surface area (Å²) < 4.78 is 40.6. The maximum atomic E-state index is 13.5. The highest BCUT2D eigenvalue weighted by Gasteiger charge is 2.33. The van der Waals surface area contributed by atoms with Crippen LogP contribution in [-0.2, 0) is 6.18 Å². The van der Waals surface area contributed by atoms with E-state index in [4.69, 9.17) is 17.3 Å². The van der Waals surface area contributed by atoms with Gasteiger partial charge in [0.05, 0.1) is 5.56 Å². The summed E-state index contributed by atoms with van der Waals surface area (Å²) in [5.41, 5.74) is 7.73. The molecule has 0 aliphatic carbocycles. The van der Waals surface area contributed by atoms with Crippen molar-refractivity contribution in [3.8, 4) is 11.1 Å². The van der Waals surface area contributed by atoms with Crippen molar-refractivity contribution in [3.05, 3.63) is 94.3 Å². The molecule has 4 nitrogen and oxygen atoms in total. The van der Waals surface area contributed by atoms with Gasteiger partial charge < -0.3 is 5.73 Å². The molecule has 8 heteroatoms. The molecule has 4 rings (SSSR count). The Morgan fingerprint density at radius 1 is 1.09 bits per heavy atom. The van der Waals surface area contributed by atoms with E-state index in [1.165, 1.54) is 30.6 Å². The average Bonchev–Trinajstić information content (AvgIpc) is 2.85. The van der Waals surface area contributed by atoms with E-state index in [9.17, 15) is 18.0 Å². The van der Waals surface area contributed by atoms with Crippen LogP contribution < -0.4 is 5.73 Å². The first kappa shape index (κ1) is 24.9. The van der Waals surface area contributed by atoms with Crippen LogP contribution in [0.5, 0.6) is 0 Å². The monoisotopic (exact) mass is 499 g/mol. The molecule has 1 saturated heterocycles. The molecule has 1 aliphatic rings. The van der Waals surface area contributed by atoms with Crippen LogP contribution in [0.25, 0.3) is 17.2 Å². The molecule has 2 aromatic carbocycles. The van der Waals surface area contributed by atoms with Crippen LogP contribution >= 0.6 is 11.6 Å². The minimum Gasteiger partial charge on any atom is -0.366 e.